The Morgan fingerprint density at radius 2 is 1.74 bits per heavy atom. The fraction of sp³-hybridized carbons (Fsp3) is 0.367. The van der Waals surface area contributed by atoms with E-state index in [2.05, 4.69) is 10.2 Å². The molecule has 2 aliphatic heterocycles. The van der Waals surface area contributed by atoms with Gasteiger partial charge in [-0.3, -0.25) is 4.79 Å². The molecule has 2 aliphatic rings. The summed E-state index contributed by atoms with van der Waals surface area (Å²) in [5.74, 6) is -2.49. The molecular weight excluding hydrogens is 549 g/mol. The van der Waals surface area contributed by atoms with E-state index < -0.39 is 35.5 Å². The summed E-state index contributed by atoms with van der Waals surface area (Å²) in [5.41, 5.74) is 0.696. The molecule has 12 heteroatoms. The summed E-state index contributed by atoms with van der Waals surface area (Å²) in [6.45, 7) is 3.56. The van der Waals surface area contributed by atoms with Crippen LogP contribution in [0.1, 0.15) is 36.9 Å². The normalized spacial score (nSPS) is 18.9. The molecule has 0 spiro atoms. The van der Waals surface area contributed by atoms with Crippen LogP contribution in [0.3, 0.4) is 0 Å². The maximum atomic E-state index is 14.3. The number of hydrogen-bond acceptors (Lipinski definition) is 7. The summed E-state index contributed by atoms with van der Waals surface area (Å²) in [6, 6.07) is 13.4. The maximum Gasteiger partial charge on any atom is 0.415 e. The Morgan fingerprint density at radius 3 is 2.36 bits per heavy atom. The molecule has 0 aliphatic carbocycles. The first-order valence-electron chi connectivity index (χ1n) is 13.7. The summed E-state index contributed by atoms with van der Waals surface area (Å²) >= 11 is 0. The first-order chi connectivity index (χ1) is 20.3. The molecular formula is C30H29F3N6O3. The zero-order valence-corrected chi connectivity index (χ0v) is 22.9. The third kappa shape index (κ3) is 6.15. The van der Waals surface area contributed by atoms with Crippen molar-refractivity contribution in [3.63, 3.8) is 0 Å². The molecule has 218 valence electrons. The molecule has 9 nitrogen and oxygen atoms in total. The molecule has 1 aromatic heterocycles. The van der Waals surface area contributed by atoms with Gasteiger partial charge in [-0.1, -0.05) is 6.07 Å². The number of benzene rings is 2. The van der Waals surface area contributed by atoms with Gasteiger partial charge in [0.05, 0.1) is 6.04 Å². The second kappa shape index (κ2) is 12.5. The highest BCUT2D eigenvalue weighted by atomic mass is 19.2. The molecule has 0 N–H and O–H groups in total. The number of piperidine rings is 1. The van der Waals surface area contributed by atoms with Crippen LogP contribution < -0.4 is 9.64 Å². The van der Waals surface area contributed by atoms with Crippen LogP contribution in [0.4, 0.5) is 23.8 Å². The molecule has 2 saturated heterocycles. The Hall–Kier alpha value is -4.66. The number of ether oxygens (including phenoxy) is 1. The minimum atomic E-state index is -1.01. The molecule has 3 heterocycles. The van der Waals surface area contributed by atoms with Crippen LogP contribution in [0.25, 0.3) is 0 Å². The van der Waals surface area contributed by atoms with Gasteiger partial charge in [0.1, 0.15) is 17.6 Å². The van der Waals surface area contributed by atoms with Gasteiger partial charge < -0.3 is 19.4 Å². The number of nitriles is 1. The predicted molar refractivity (Wildman–Crippen MR) is 146 cm³/mol. The summed E-state index contributed by atoms with van der Waals surface area (Å²) < 4.78 is 46.9. The summed E-state index contributed by atoms with van der Waals surface area (Å²) in [4.78, 5) is 32.1. The van der Waals surface area contributed by atoms with E-state index in [1.54, 1.807) is 24.0 Å². The van der Waals surface area contributed by atoms with Crippen LogP contribution in [0, 0.1) is 34.7 Å². The van der Waals surface area contributed by atoms with E-state index >= 15 is 0 Å². The Kier molecular flexibility index (Phi) is 8.56. The fourth-order valence-corrected chi connectivity index (χ4v) is 5.68. The summed E-state index contributed by atoms with van der Waals surface area (Å²) in [5, 5.41) is 16.9. The smallest absolute Gasteiger partial charge is 0.410 e. The van der Waals surface area contributed by atoms with Gasteiger partial charge in [-0.05, 0) is 73.9 Å². The lowest BCUT2D eigenvalue weighted by Crippen LogP contribution is -2.47. The van der Waals surface area contributed by atoms with E-state index in [0.717, 1.165) is 12.1 Å². The van der Waals surface area contributed by atoms with Gasteiger partial charge in [-0.25, -0.2) is 18.0 Å². The summed E-state index contributed by atoms with van der Waals surface area (Å²) in [6.07, 6.45) is 0.455. The zero-order valence-electron chi connectivity index (χ0n) is 22.9. The van der Waals surface area contributed by atoms with Crippen molar-refractivity contribution in [2.45, 2.75) is 31.7 Å². The van der Waals surface area contributed by atoms with Crippen molar-refractivity contribution in [2.24, 2.45) is 5.92 Å². The number of hydrogen-bond donors (Lipinski definition) is 0. The lowest BCUT2D eigenvalue weighted by molar-refractivity contribution is -0.135. The van der Waals surface area contributed by atoms with Gasteiger partial charge in [0, 0.05) is 44.6 Å². The van der Waals surface area contributed by atoms with Gasteiger partial charge >= 0.3 is 6.09 Å². The SMILES string of the molecule is CCN(C(=O)Oc1ccc(F)cc1)[C@@H]1CN(C(=O)C2CCN(c3ccc(C#N)nn3)CC2)CC1c1ccc(F)c(F)c1. The number of amides is 2. The topological polar surface area (TPSA) is 103 Å². The van der Waals surface area contributed by atoms with Crippen molar-refractivity contribution in [3.8, 4) is 11.8 Å². The van der Waals surface area contributed by atoms with Crippen molar-refractivity contribution in [2.75, 3.05) is 37.6 Å². The maximum absolute atomic E-state index is 14.3. The third-order valence-electron chi connectivity index (χ3n) is 7.90. The second-order valence-corrected chi connectivity index (χ2v) is 10.3. The molecule has 0 bridgehead atoms. The molecule has 2 atom stereocenters. The molecule has 0 saturated carbocycles. The van der Waals surface area contributed by atoms with E-state index in [1.807, 2.05) is 11.0 Å². The van der Waals surface area contributed by atoms with Crippen molar-refractivity contribution in [1.82, 2.24) is 20.0 Å². The number of nitrogens with zero attached hydrogens (tertiary/aromatic N) is 6. The van der Waals surface area contributed by atoms with Gasteiger partial charge in [-0.2, -0.15) is 5.26 Å². The Bertz CT molecular complexity index is 1470. The minimum absolute atomic E-state index is 0.0707. The van der Waals surface area contributed by atoms with Crippen LogP contribution in [0.5, 0.6) is 5.75 Å². The standard InChI is InChI=1S/C30H29F3N6O3/c1-2-39(30(41)42-23-7-4-21(31)5-8-23)27-18-38(17-24(27)20-3-9-25(32)26(33)15-20)29(40)19-11-13-37(14-12-19)28-10-6-22(16-34)35-36-28/h3-10,15,19,24,27H,2,11-14,17-18H2,1H3/t24?,27-/m1/s1. The van der Waals surface area contributed by atoms with E-state index in [-0.39, 0.29) is 42.9 Å². The van der Waals surface area contributed by atoms with Crippen LogP contribution in [0.15, 0.2) is 54.6 Å². The zero-order chi connectivity index (χ0) is 29.8. The van der Waals surface area contributed by atoms with Crippen molar-refractivity contribution in [1.29, 1.82) is 5.26 Å². The highest BCUT2D eigenvalue weighted by molar-refractivity contribution is 5.80. The summed E-state index contributed by atoms with van der Waals surface area (Å²) in [7, 11) is 0. The third-order valence-corrected chi connectivity index (χ3v) is 7.90. The van der Waals surface area contributed by atoms with Gasteiger partial charge in [0.2, 0.25) is 5.91 Å². The molecule has 5 rings (SSSR count). The molecule has 3 aromatic rings. The van der Waals surface area contributed by atoms with Crippen LogP contribution in [-0.2, 0) is 4.79 Å². The fourth-order valence-electron chi connectivity index (χ4n) is 5.68. The predicted octanol–water partition coefficient (Wildman–Crippen LogP) is 4.50. The number of likely N-dealkylation sites (N-methyl/N-ethyl adjacent to an activating group) is 1. The molecule has 0 radical (unpaired) electrons. The van der Waals surface area contributed by atoms with Crippen LogP contribution in [-0.4, -0.2) is 70.8 Å². The average molecular weight is 579 g/mol. The first-order valence-corrected chi connectivity index (χ1v) is 13.7. The first kappa shape index (κ1) is 28.9. The van der Waals surface area contributed by atoms with Crippen LogP contribution >= 0.6 is 0 Å². The van der Waals surface area contributed by atoms with Gasteiger partial charge in [-0.15, -0.1) is 10.2 Å². The molecule has 2 aromatic carbocycles. The molecule has 2 fully saturated rings. The van der Waals surface area contributed by atoms with E-state index in [4.69, 9.17) is 10.00 Å². The van der Waals surface area contributed by atoms with Gasteiger partial charge in [0.15, 0.2) is 23.1 Å². The highest BCUT2D eigenvalue weighted by Gasteiger charge is 2.43. The molecule has 1 unspecified atom stereocenters. The second-order valence-electron chi connectivity index (χ2n) is 10.3. The van der Waals surface area contributed by atoms with Crippen molar-refractivity contribution >= 4 is 17.8 Å². The number of rotatable bonds is 6. The van der Waals surface area contributed by atoms with E-state index in [1.165, 1.54) is 35.2 Å². The highest BCUT2D eigenvalue weighted by Crippen LogP contribution is 2.35. The Balaban J connectivity index is 1.32. The quantitative estimate of drug-likeness (QED) is 0.425. The number of likely N-dealkylation sites (tertiary alicyclic amines) is 1. The minimum Gasteiger partial charge on any atom is -0.410 e. The number of carbonyl (C=O) groups is 2. The van der Waals surface area contributed by atoms with E-state index in [9.17, 15) is 22.8 Å². The van der Waals surface area contributed by atoms with Crippen molar-refractivity contribution in [3.05, 3.63) is 83.3 Å². The number of aromatic nitrogens is 2. The largest absolute Gasteiger partial charge is 0.415 e. The molecule has 42 heavy (non-hydrogen) atoms. The lowest BCUT2D eigenvalue weighted by atomic mass is 9.93. The monoisotopic (exact) mass is 578 g/mol. The Morgan fingerprint density at radius 1 is 1.00 bits per heavy atom. The lowest BCUT2D eigenvalue weighted by Gasteiger charge is -2.34. The molecule has 2 amide bonds. The van der Waals surface area contributed by atoms with E-state index in [0.29, 0.717) is 37.3 Å². The number of anilines is 1. The van der Waals surface area contributed by atoms with Crippen LogP contribution in [0.2, 0.25) is 0 Å². The average Bonchev–Trinajstić information content (AvgIpc) is 3.45. The number of carbonyl (C=O) groups excluding carboxylic acids is 2. The Labute approximate surface area is 241 Å². The van der Waals surface area contributed by atoms with Gasteiger partial charge in [0.25, 0.3) is 0 Å². The van der Waals surface area contributed by atoms with Crippen molar-refractivity contribution < 1.29 is 27.5 Å². The number of halogens is 3.